The molecule has 138 valence electrons. The topological polar surface area (TPSA) is 120 Å². The molecule has 1 aromatic rings. The lowest BCUT2D eigenvalue weighted by Crippen LogP contribution is -2.51. The molecule has 0 saturated carbocycles. The molecular formula is C17H18N2O7. The van der Waals surface area contributed by atoms with Crippen molar-refractivity contribution in [1.29, 1.82) is 0 Å². The van der Waals surface area contributed by atoms with Gasteiger partial charge in [-0.3, -0.25) is 10.1 Å². The minimum absolute atomic E-state index is 0.0853. The average Bonchev–Trinajstić information content (AvgIpc) is 3.25. The van der Waals surface area contributed by atoms with E-state index < -0.39 is 34.1 Å². The predicted molar refractivity (Wildman–Crippen MR) is 87.9 cm³/mol. The monoisotopic (exact) mass is 362 g/mol. The van der Waals surface area contributed by atoms with Crippen LogP contribution >= 0.6 is 0 Å². The second kappa shape index (κ2) is 5.80. The number of hydrogen-bond donors (Lipinski definition) is 1. The SMILES string of the molecule is COC(=O)C1=C(C)NC2(C)OC2(C(=O)OC)C1c1ccccc1[N+](=O)[O-]. The largest absolute Gasteiger partial charge is 0.467 e. The number of fused-ring (bicyclic) bond motifs is 1. The van der Waals surface area contributed by atoms with Crippen molar-refractivity contribution >= 4 is 17.6 Å². The van der Waals surface area contributed by atoms with Crippen molar-refractivity contribution in [2.45, 2.75) is 31.1 Å². The van der Waals surface area contributed by atoms with Gasteiger partial charge in [-0.2, -0.15) is 0 Å². The van der Waals surface area contributed by atoms with Crippen molar-refractivity contribution in [3.05, 3.63) is 51.2 Å². The standard InChI is InChI=1S/C17H18N2O7/c1-9-12(14(20)24-3)13(10-7-5-6-8-11(10)19(22)23)17(15(21)25-4)16(2,18-9)26-17/h5-8,13,18H,1-4H3. The lowest BCUT2D eigenvalue weighted by molar-refractivity contribution is -0.385. The number of allylic oxidation sites excluding steroid dienone is 1. The highest BCUT2D eigenvalue weighted by Gasteiger charge is 2.80. The Bertz CT molecular complexity index is 849. The molecule has 0 spiro atoms. The zero-order valence-electron chi connectivity index (χ0n) is 14.7. The fourth-order valence-electron chi connectivity index (χ4n) is 3.75. The van der Waals surface area contributed by atoms with Crippen molar-refractivity contribution in [3.8, 4) is 0 Å². The molecule has 3 atom stereocenters. The third kappa shape index (κ3) is 2.20. The van der Waals surface area contributed by atoms with Gasteiger partial charge >= 0.3 is 11.9 Å². The normalized spacial score (nSPS) is 29.3. The number of carbonyl (C=O) groups excluding carboxylic acids is 2. The first-order chi connectivity index (χ1) is 12.2. The summed E-state index contributed by atoms with van der Waals surface area (Å²) < 4.78 is 15.5. The molecule has 2 aliphatic heterocycles. The van der Waals surface area contributed by atoms with E-state index in [0.29, 0.717) is 5.70 Å². The van der Waals surface area contributed by atoms with E-state index >= 15 is 0 Å². The summed E-state index contributed by atoms with van der Waals surface area (Å²) in [4.78, 5) is 36.1. The number of carbonyl (C=O) groups is 2. The van der Waals surface area contributed by atoms with Gasteiger partial charge in [0.2, 0.25) is 5.60 Å². The van der Waals surface area contributed by atoms with Crippen molar-refractivity contribution in [2.24, 2.45) is 0 Å². The number of rotatable bonds is 4. The van der Waals surface area contributed by atoms with Crippen LogP contribution in [0.5, 0.6) is 0 Å². The van der Waals surface area contributed by atoms with Gasteiger partial charge in [-0.1, -0.05) is 18.2 Å². The van der Waals surface area contributed by atoms with Gasteiger partial charge in [-0.15, -0.1) is 0 Å². The maximum absolute atomic E-state index is 12.6. The number of nitrogens with one attached hydrogen (secondary N) is 1. The minimum atomic E-state index is -1.61. The summed E-state index contributed by atoms with van der Waals surface area (Å²) in [5.74, 6) is -2.50. The number of nitrogens with zero attached hydrogens (tertiary/aromatic N) is 1. The van der Waals surface area contributed by atoms with E-state index in [-0.39, 0.29) is 16.8 Å². The molecule has 0 bridgehead atoms. The fourth-order valence-corrected chi connectivity index (χ4v) is 3.75. The number of hydrogen-bond acceptors (Lipinski definition) is 8. The Morgan fingerprint density at radius 3 is 2.50 bits per heavy atom. The smallest absolute Gasteiger partial charge is 0.344 e. The van der Waals surface area contributed by atoms with Gasteiger partial charge in [-0.25, -0.2) is 9.59 Å². The Labute approximate surface area is 149 Å². The molecule has 2 heterocycles. The number of nitro groups is 1. The van der Waals surface area contributed by atoms with Crippen LogP contribution < -0.4 is 5.32 Å². The van der Waals surface area contributed by atoms with Crippen LogP contribution in [0.25, 0.3) is 0 Å². The van der Waals surface area contributed by atoms with E-state index in [1.54, 1.807) is 19.9 Å². The number of epoxide rings is 1. The van der Waals surface area contributed by atoms with Crippen LogP contribution in [-0.2, 0) is 23.8 Å². The molecule has 3 unspecified atom stereocenters. The summed E-state index contributed by atoms with van der Waals surface area (Å²) in [7, 11) is 2.39. The lowest BCUT2D eigenvalue weighted by atomic mass is 9.73. The van der Waals surface area contributed by atoms with Crippen LogP contribution in [0.3, 0.4) is 0 Å². The van der Waals surface area contributed by atoms with Gasteiger partial charge < -0.3 is 19.5 Å². The van der Waals surface area contributed by atoms with Crippen LogP contribution in [0.15, 0.2) is 35.5 Å². The van der Waals surface area contributed by atoms with Crippen molar-refractivity contribution < 1.29 is 28.7 Å². The Morgan fingerprint density at radius 1 is 1.27 bits per heavy atom. The van der Waals surface area contributed by atoms with Crippen molar-refractivity contribution in [3.63, 3.8) is 0 Å². The molecule has 9 heteroatoms. The van der Waals surface area contributed by atoms with Gasteiger partial charge in [0, 0.05) is 17.3 Å². The van der Waals surface area contributed by atoms with Gasteiger partial charge in [0.25, 0.3) is 5.69 Å². The summed E-state index contributed by atoms with van der Waals surface area (Å²) >= 11 is 0. The third-order valence-corrected chi connectivity index (χ3v) is 4.90. The highest BCUT2D eigenvalue weighted by Crippen LogP contribution is 2.62. The molecule has 0 amide bonds. The van der Waals surface area contributed by atoms with E-state index in [4.69, 9.17) is 14.2 Å². The van der Waals surface area contributed by atoms with E-state index in [1.165, 1.54) is 32.4 Å². The summed E-state index contributed by atoms with van der Waals surface area (Å²) in [6.45, 7) is 3.26. The molecule has 0 aromatic heterocycles. The Balaban J connectivity index is 2.32. The first kappa shape index (κ1) is 17.9. The van der Waals surface area contributed by atoms with Gasteiger partial charge in [0.1, 0.15) is 0 Å². The molecule has 3 rings (SSSR count). The van der Waals surface area contributed by atoms with Crippen LogP contribution in [0.4, 0.5) is 5.69 Å². The number of methoxy groups -OCH3 is 2. The zero-order chi connectivity index (χ0) is 19.3. The number of esters is 2. The van der Waals surface area contributed by atoms with E-state index in [2.05, 4.69) is 5.32 Å². The van der Waals surface area contributed by atoms with Gasteiger partial charge in [0.15, 0.2) is 5.72 Å². The summed E-state index contributed by atoms with van der Waals surface area (Å²) in [5.41, 5.74) is -2.32. The first-order valence-corrected chi connectivity index (χ1v) is 7.82. The minimum Gasteiger partial charge on any atom is -0.467 e. The second-order valence-electron chi connectivity index (χ2n) is 6.27. The van der Waals surface area contributed by atoms with Crippen molar-refractivity contribution in [2.75, 3.05) is 14.2 Å². The fraction of sp³-hybridized carbons (Fsp3) is 0.412. The van der Waals surface area contributed by atoms with Crippen LogP contribution in [0.1, 0.15) is 25.3 Å². The average molecular weight is 362 g/mol. The van der Waals surface area contributed by atoms with E-state index in [1.807, 2.05) is 0 Å². The third-order valence-electron chi connectivity index (χ3n) is 4.90. The lowest BCUT2D eigenvalue weighted by Gasteiger charge is -2.32. The Hall–Kier alpha value is -2.94. The maximum atomic E-state index is 12.6. The van der Waals surface area contributed by atoms with Crippen molar-refractivity contribution in [1.82, 2.24) is 5.32 Å². The molecular weight excluding hydrogens is 344 g/mol. The first-order valence-electron chi connectivity index (χ1n) is 7.82. The second-order valence-corrected chi connectivity index (χ2v) is 6.27. The Kier molecular flexibility index (Phi) is 3.99. The number of para-hydroxylation sites is 1. The maximum Gasteiger partial charge on any atom is 0.344 e. The summed E-state index contributed by atoms with van der Waals surface area (Å²) in [6.07, 6.45) is 0. The van der Waals surface area contributed by atoms with E-state index in [0.717, 1.165) is 0 Å². The molecule has 2 aliphatic rings. The number of ether oxygens (including phenoxy) is 3. The number of nitro benzene ring substituents is 1. The van der Waals surface area contributed by atoms with E-state index in [9.17, 15) is 19.7 Å². The molecule has 26 heavy (non-hydrogen) atoms. The Morgan fingerprint density at radius 2 is 1.92 bits per heavy atom. The highest BCUT2D eigenvalue weighted by atomic mass is 16.7. The summed E-state index contributed by atoms with van der Waals surface area (Å²) in [5, 5.41) is 14.5. The molecule has 1 N–H and O–H groups in total. The zero-order valence-corrected chi connectivity index (χ0v) is 14.7. The van der Waals surface area contributed by atoms with Crippen LogP contribution in [0.2, 0.25) is 0 Å². The molecule has 1 aromatic carbocycles. The van der Waals surface area contributed by atoms with Gasteiger partial charge in [-0.05, 0) is 13.8 Å². The summed E-state index contributed by atoms with van der Waals surface area (Å²) in [6, 6.07) is 5.91. The molecule has 9 nitrogen and oxygen atoms in total. The number of benzene rings is 1. The predicted octanol–water partition coefficient (Wildman–Crippen LogP) is 1.39. The molecule has 0 aliphatic carbocycles. The van der Waals surface area contributed by atoms with Crippen LogP contribution in [0, 0.1) is 10.1 Å². The van der Waals surface area contributed by atoms with Gasteiger partial charge in [0.05, 0.1) is 30.6 Å². The molecule has 0 radical (unpaired) electrons. The van der Waals surface area contributed by atoms with Crippen LogP contribution in [-0.4, -0.2) is 42.4 Å². The quantitative estimate of drug-likeness (QED) is 0.369. The molecule has 1 saturated heterocycles. The molecule has 1 fully saturated rings. The highest BCUT2D eigenvalue weighted by molar-refractivity contribution is 5.97.